The maximum Gasteiger partial charge on any atom is 0.197 e. The summed E-state index contributed by atoms with van der Waals surface area (Å²) >= 11 is 5.87. The molecule has 3 aromatic rings. The van der Waals surface area contributed by atoms with E-state index in [4.69, 9.17) is 21.8 Å². The second-order valence-corrected chi connectivity index (χ2v) is 3.87. The Morgan fingerprint density at radius 3 is 3.07 bits per heavy atom. The molecule has 2 aromatic heterocycles. The smallest absolute Gasteiger partial charge is 0.197 e. The largest absolute Gasteiger partial charge is 0.450 e. The number of hydrogen-bond acceptors (Lipinski definition) is 3. The molecule has 0 aliphatic carbocycles. The van der Waals surface area contributed by atoms with Gasteiger partial charge in [0, 0.05) is 23.5 Å². The molecule has 76 valence electrons. The summed E-state index contributed by atoms with van der Waals surface area (Å²) in [4.78, 5) is 0. The maximum absolute atomic E-state index is 5.87. The molecule has 0 saturated heterocycles. The quantitative estimate of drug-likeness (QED) is 0.635. The molecule has 0 radical (unpaired) electrons. The number of anilines is 1. The fourth-order valence-corrected chi connectivity index (χ4v) is 1.84. The number of nitrogen functional groups attached to an aromatic ring is 1. The van der Waals surface area contributed by atoms with Crippen molar-refractivity contribution in [3.05, 3.63) is 23.2 Å². The van der Waals surface area contributed by atoms with Crippen molar-refractivity contribution in [2.75, 3.05) is 5.73 Å². The Kier molecular flexibility index (Phi) is 1.53. The van der Waals surface area contributed by atoms with Crippen LogP contribution >= 0.6 is 11.6 Å². The average molecular weight is 222 g/mol. The fraction of sp³-hybridized carbons (Fsp3) is 0.100. The van der Waals surface area contributed by atoms with Gasteiger partial charge in [-0.05, 0) is 12.1 Å². The van der Waals surface area contributed by atoms with Crippen LogP contribution in [0.2, 0.25) is 5.02 Å². The summed E-state index contributed by atoms with van der Waals surface area (Å²) in [5, 5.41) is 5.86. The third-order valence-corrected chi connectivity index (χ3v) is 2.69. The second kappa shape index (κ2) is 2.67. The fourth-order valence-electron chi connectivity index (χ4n) is 1.68. The topological polar surface area (TPSA) is 57.0 Å². The van der Waals surface area contributed by atoms with Crippen LogP contribution in [0, 0.1) is 0 Å². The first-order valence-electron chi connectivity index (χ1n) is 4.47. The van der Waals surface area contributed by atoms with Crippen LogP contribution in [-0.2, 0) is 7.05 Å². The second-order valence-electron chi connectivity index (χ2n) is 3.43. The number of rotatable bonds is 0. The molecular weight excluding hydrogens is 214 g/mol. The first-order valence-corrected chi connectivity index (χ1v) is 4.85. The van der Waals surface area contributed by atoms with E-state index in [1.807, 2.05) is 12.1 Å². The number of nitrogens with zero attached hydrogens (tertiary/aromatic N) is 2. The molecule has 0 amide bonds. The van der Waals surface area contributed by atoms with Gasteiger partial charge in [0.1, 0.15) is 11.1 Å². The lowest BCUT2D eigenvalue weighted by Gasteiger charge is -1.92. The highest BCUT2D eigenvalue weighted by molar-refractivity contribution is 6.31. The highest BCUT2D eigenvalue weighted by Crippen LogP contribution is 2.32. The molecule has 0 saturated carbocycles. The van der Waals surface area contributed by atoms with Crippen LogP contribution in [0.4, 0.5) is 5.82 Å². The molecule has 0 unspecified atom stereocenters. The normalized spacial score (nSPS) is 11.6. The number of furan rings is 1. The zero-order valence-corrected chi connectivity index (χ0v) is 8.75. The number of halogens is 1. The van der Waals surface area contributed by atoms with Crippen molar-refractivity contribution in [3.8, 4) is 0 Å². The Balaban J connectivity index is 2.54. The molecule has 4 nitrogen and oxygen atoms in total. The molecule has 0 fully saturated rings. The standard InChI is InChI=1S/C10H8ClN3O/c1-14-10(12)9-8(13-14)6-3-2-5(11)4-7(6)15-9/h2-4H,12H2,1H3. The molecule has 0 atom stereocenters. The first-order chi connectivity index (χ1) is 7.16. The van der Waals surface area contributed by atoms with Crippen LogP contribution in [0.1, 0.15) is 0 Å². The van der Waals surface area contributed by atoms with Gasteiger partial charge < -0.3 is 10.2 Å². The van der Waals surface area contributed by atoms with Crippen molar-refractivity contribution < 1.29 is 4.42 Å². The zero-order chi connectivity index (χ0) is 10.6. The molecule has 0 aliphatic rings. The van der Waals surface area contributed by atoms with Gasteiger partial charge in [0.05, 0.1) is 0 Å². The van der Waals surface area contributed by atoms with E-state index >= 15 is 0 Å². The van der Waals surface area contributed by atoms with Crippen molar-refractivity contribution in [2.45, 2.75) is 0 Å². The highest BCUT2D eigenvalue weighted by Gasteiger charge is 2.14. The van der Waals surface area contributed by atoms with Crippen molar-refractivity contribution in [1.29, 1.82) is 0 Å². The van der Waals surface area contributed by atoms with E-state index in [1.165, 1.54) is 0 Å². The lowest BCUT2D eigenvalue weighted by Crippen LogP contribution is -1.96. The Morgan fingerprint density at radius 1 is 1.47 bits per heavy atom. The number of fused-ring (bicyclic) bond motifs is 3. The molecular formula is C10H8ClN3O. The van der Waals surface area contributed by atoms with E-state index < -0.39 is 0 Å². The summed E-state index contributed by atoms with van der Waals surface area (Å²) in [6.45, 7) is 0. The number of benzene rings is 1. The summed E-state index contributed by atoms with van der Waals surface area (Å²) in [7, 11) is 1.78. The van der Waals surface area contributed by atoms with Gasteiger partial charge in [-0.1, -0.05) is 11.6 Å². The van der Waals surface area contributed by atoms with E-state index in [-0.39, 0.29) is 0 Å². The molecule has 5 heteroatoms. The predicted molar refractivity (Wildman–Crippen MR) is 59.9 cm³/mol. The average Bonchev–Trinajstić information content (AvgIpc) is 2.66. The number of hydrogen-bond donors (Lipinski definition) is 1. The lowest BCUT2D eigenvalue weighted by atomic mass is 10.2. The van der Waals surface area contributed by atoms with E-state index in [2.05, 4.69) is 5.10 Å². The minimum absolute atomic E-state index is 0.525. The number of nitrogens with two attached hydrogens (primary N) is 1. The summed E-state index contributed by atoms with van der Waals surface area (Å²) in [6, 6.07) is 5.46. The number of aromatic nitrogens is 2. The minimum Gasteiger partial charge on any atom is -0.450 e. The Bertz CT molecular complexity index is 668. The van der Waals surface area contributed by atoms with Gasteiger partial charge in [0.15, 0.2) is 11.4 Å². The van der Waals surface area contributed by atoms with E-state index in [0.717, 1.165) is 10.9 Å². The summed E-state index contributed by atoms with van der Waals surface area (Å²) in [5.41, 5.74) is 7.93. The minimum atomic E-state index is 0.525. The van der Waals surface area contributed by atoms with Crippen LogP contribution in [0.25, 0.3) is 22.1 Å². The zero-order valence-electron chi connectivity index (χ0n) is 7.99. The molecule has 2 heterocycles. The summed E-state index contributed by atoms with van der Waals surface area (Å²) in [5.74, 6) is 0.525. The van der Waals surface area contributed by atoms with Crippen LogP contribution in [0.3, 0.4) is 0 Å². The highest BCUT2D eigenvalue weighted by atomic mass is 35.5. The summed E-state index contributed by atoms with van der Waals surface area (Å²) < 4.78 is 7.19. The van der Waals surface area contributed by atoms with Crippen LogP contribution in [-0.4, -0.2) is 9.78 Å². The van der Waals surface area contributed by atoms with Gasteiger partial charge in [0.25, 0.3) is 0 Å². The molecule has 0 bridgehead atoms. The van der Waals surface area contributed by atoms with Crippen molar-refractivity contribution in [3.63, 3.8) is 0 Å². The van der Waals surface area contributed by atoms with Gasteiger partial charge in [-0.3, -0.25) is 0 Å². The Labute approximate surface area is 90.2 Å². The third-order valence-electron chi connectivity index (χ3n) is 2.46. The van der Waals surface area contributed by atoms with Gasteiger partial charge in [-0.25, -0.2) is 4.68 Å². The monoisotopic (exact) mass is 221 g/mol. The van der Waals surface area contributed by atoms with Crippen molar-refractivity contribution in [1.82, 2.24) is 9.78 Å². The van der Waals surface area contributed by atoms with Gasteiger partial charge in [-0.15, -0.1) is 0 Å². The third kappa shape index (κ3) is 1.05. The van der Waals surface area contributed by atoms with Crippen molar-refractivity contribution >= 4 is 39.5 Å². The van der Waals surface area contributed by atoms with Gasteiger partial charge >= 0.3 is 0 Å². The lowest BCUT2D eigenvalue weighted by molar-refractivity contribution is 0.667. The molecule has 1 aromatic carbocycles. The SMILES string of the molecule is Cn1nc2c(oc3cc(Cl)ccc32)c1N. The first kappa shape index (κ1) is 8.61. The molecule has 15 heavy (non-hydrogen) atoms. The molecule has 0 aliphatic heterocycles. The van der Waals surface area contributed by atoms with Gasteiger partial charge in [0.2, 0.25) is 0 Å². The van der Waals surface area contributed by atoms with E-state index in [9.17, 15) is 0 Å². The van der Waals surface area contributed by atoms with Crippen LogP contribution in [0.5, 0.6) is 0 Å². The van der Waals surface area contributed by atoms with E-state index in [1.54, 1.807) is 17.8 Å². The van der Waals surface area contributed by atoms with Crippen LogP contribution in [0.15, 0.2) is 22.6 Å². The summed E-state index contributed by atoms with van der Waals surface area (Å²) in [6.07, 6.45) is 0. The predicted octanol–water partition coefficient (Wildman–Crippen LogP) is 2.56. The Hall–Kier alpha value is -1.68. The van der Waals surface area contributed by atoms with Gasteiger partial charge in [-0.2, -0.15) is 5.10 Å². The molecule has 2 N–H and O–H groups in total. The molecule has 3 rings (SSSR count). The molecule has 0 spiro atoms. The number of aryl methyl sites for hydroxylation is 1. The van der Waals surface area contributed by atoms with Crippen LogP contribution < -0.4 is 5.73 Å². The maximum atomic E-state index is 5.87. The Morgan fingerprint density at radius 2 is 2.27 bits per heavy atom. The van der Waals surface area contributed by atoms with E-state index in [0.29, 0.717) is 22.0 Å². The van der Waals surface area contributed by atoms with Crippen molar-refractivity contribution in [2.24, 2.45) is 7.05 Å².